The topological polar surface area (TPSA) is 35.4 Å². The molecular formula is C11H21NOS2. The van der Waals surface area contributed by atoms with Gasteiger partial charge in [-0.05, 0) is 38.4 Å². The number of rotatable bonds is 10. The molecule has 0 aromatic heterocycles. The number of unbranched alkanes of at least 4 members (excludes halogenated alkanes) is 5. The van der Waals surface area contributed by atoms with Gasteiger partial charge in [0.15, 0.2) is 0 Å². The first kappa shape index (κ1) is 15.1. The molecule has 4 heteroatoms. The van der Waals surface area contributed by atoms with Crippen molar-refractivity contribution in [3.8, 4) is 0 Å². The highest BCUT2D eigenvalue weighted by Crippen LogP contribution is 2.07. The summed E-state index contributed by atoms with van der Waals surface area (Å²) in [5.74, 6) is 1.68. The minimum Gasteiger partial charge on any atom is -0.616 e. The van der Waals surface area contributed by atoms with Gasteiger partial charge in [0.05, 0.1) is 5.16 Å². The van der Waals surface area contributed by atoms with Crippen molar-refractivity contribution < 1.29 is 4.55 Å². The molecule has 0 aliphatic heterocycles. The van der Waals surface area contributed by atoms with Gasteiger partial charge in [-0.15, -0.1) is 0 Å². The first-order valence-electron chi connectivity index (χ1n) is 5.70. The average molecular weight is 247 g/mol. The average Bonchev–Trinajstić information content (AvgIpc) is 2.26. The van der Waals surface area contributed by atoms with Crippen molar-refractivity contribution in [2.45, 2.75) is 45.4 Å². The van der Waals surface area contributed by atoms with Crippen molar-refractivity contribution in [3.05, 3.63) is 0 Å². The van der Waals surface area contributed by atoms with Crippen molar-refractivity contribution in [1.29, 1.82) is 0 Å². The van der Waals surface area contributed by atoms with Crippen molar-refractivity contribution in [1.82, 2.24) is 0 Å². The van der Waals surface area contributed by atoms with Gasteiger partial charge in [0.1, 0.15) is 11.5 Å². The van der Waals surface area contributed by atoms with Gasteiger partial charge in [0.2, 0.25) is 0 Å². The van der Waals surface area contributed by atoms with E-state index in [1.54, 1.807) is 0 Å². The van der Waals surface area contributed by atoms with Crippen molar-refractivity contribution in [2.24, 2.45) is 4.99 Å². The van der Waals surface area contributed by atoms with Gasteiger partial charge in [-0.1, -0.05) is 30.4 Å². The zero-order valence-corrected chi connectivity index (χ0v) is 11.2. The molecule has 0 aliphatic carbocycles. The van der Waals surface area contributed by atoms with Crippen LogP contribution in [0.2, 0.25) is 0 Å². The van der Waals surface area contributed by atoms with Gasteiger partial charge in [-0.25, -0.2) is 4.99 Å². The second-order valence-electron chi connectivity index (χ2n) is 3.53. The van der Waals surface area contributed by atoms with Gasteiger partial charge in [-0.2, -0.15) is 0 Å². The van der Waals surface area contributed by atoms with E-state index in [1.165, 1.54) is 25.7 Å². The molecule has 15 heavy (non-hydrogen) atoms. The van der Waals surface area contributed by atoms with E-state index in [-0.39, 0.29) is 0 Å². The lowest BCUT2D eigenvalue weighted by Gasteiger charge is -2.07. The third-order valence-corrected chi connectivity index (χ3v) is 3.80. The van der Waals surface area contributed by atoms with Gasteiger partial charge < -0.3 is 4.55 Å². The maximum atomic E-state index is 11.1. The Balaban J connectivity index is 3.01. The zero-order valence-electron chi connectivity index (χ0n) is 9.54. The second-order valence-corrected chi connectivity index (χ2v) is 5.57. The molecule has 0 bridgehead atoms. The summed E-state index contributed by atoms with van der Waals surface area (Å²) in [6, 6.07) is 0. The van der Waals surface area contributed by atoms with Crippen LogP contribution in [0.4, 0.5) is 0 Å². The minimum absolute atomic E-state index is 0.573. The minimum atomic E-state index is -0.573. The van der Waals surface area contributed by atoms with E-state index in [4.69, 9.17) is 0 Å². The Hall–Kier alpha value is 0.110. The molecule has 0 amide bonds. The monoisotopic (exact) mass is 247 g/mol. The highest BCUT2D eigenvalue weighted by atomic mass is 32.2. The van der Waals surface area contributed by atoms with Crippen LogP contribution in [-0.2, 0) is 11.2 Å². The molecule has 0 saturated carbocycles. The molecule has 0 spiro atoms. The first-order valence-corrected chi connectivity index (χ1v) is 7.59. The molecule has 0 radical (unpaired) electrons. The van der Waals surface area contributed by atoms with Crippen LogP contribution in [0, 0.1) is 0 Å². The maximum absolute atomic E-state index is 11.1. The Morgan fingerprint density at radius 2 is 1.73 bits per heavy atom. The second kappa shape index (κ2) is 12.2. The molecule has 0 aromatic rings. The fourth-order valence-electron chi connectivity index (χ4n) is 1.35. The molecule has 0 rings (SSSR count). The van der Waals surface area contributed by atoms with E-state index in [0.717, 1.165) is 30.9 Å². The summed E-state index contributed by atoms with van der Waals surface area (Å²) in [4.78, 5) is 3.86. The lowest BCUT2D eigenvalue weighted by atomic mass is 10.1. The van der Waals surface area contributed by atoms with Gasteiger partial charge in [-0.3, -0.25) is 0 Å². The lowest BCUT2D eigenvalue weighted by molar-refractivity contribution is 0.582. The van der Waals surface area contributed by atoms with Crippen LogP contribution in [0.1, 0.15) is 45.4 Å². The van der Waals surface area contributed by atoms with Crippen LogP contribution in [0.3, 0.4) is 0 Å². The SMILES string of the molecule is CC[S+]([O-])CCCCCCCCN=C=S. The summed E-state index contributed by atoms with van der Waals surface area (Å²) in [6.07, 6.45) is 7.16. The molecule has 2 nitrogen and oxygen atoms in total. The molecule has 88 valence electrons. The highest BCUT2D eigenvalue weighted by molar-refractivity contribution is 7.91. The summed E-state index contributed by atoms with van der Waals surface area (Å²) in [5, 5.41) is 2.37. The van der Waals surface area contributed by atoms with E-state index in [2.05, 4.69) is 22.4 Å². The van der Waals surface area contributed by atoms with E-state index >= 15 is 0 Å². The molecule has 1 atom stereocenters. The fourth-order valence-corrected chi connectivity index (χ4v) is 2.26. The van der Waals surface area contributed by atoms with E-state index in [9.17, 15) is 4.55 Å². The standard InChI is InChI=1S/C11H21NOS2/c1-2-15(13)10-8-6-4-3-5-7-9-12-11-14/h2-10H2,1H3. The van der Waals surface area contributed by atoms with E-state index in [0.29, 0.717) is 0 Å². The van der Waals surface area contributed by atoms with E-state index in [1.807, 2.05) is 6.92 Å². The van der Waals surface area contributed by atoms with Crippen LogP contribution < -0.4 is 0 Å². The molecule has 0 aromatic carbocycles. The normalized spacial score (nSPS) is 12.1. The molecule has 0 N–H and O–H groups in total. The number of hydrogen-bond acceptors (Lipinski definition) is 3. The molecular weight excluding hydrogens is 226 g/mol. The number of thiocarbonyl (C=S) groups is 1. The largest absolute Gasteiger partial charge is 0.616 e. The van der Waals surface area contributed by atoms with Gasteiger partial charge in [0.25, 0.3) is 0 Å². The summed E-state index contributed by atoms with van der Waals surface area (Å²) >= 11 is 3.90. The van der Waals surface area contributed by atoms with Crippen LogP contribution in [0.15, 0.2) is 4.99 Å². The number of aliphatic imine (C=N–C) groups is 1. The molecule has 0 saturated heterocycles. The Morgan fingerprint density at radius 1 is 1.13 bits per heavy atom. The molecule has 0 fully saturated rings. The number of hydrogen-bond donors (Lipinski definition) is 0. The number of nitrogens with zero attached hydrogens (tertiary/aromatic N) is 1. The lowest BCUT2D eigenvalue weighted by Crippen LogP contribution is -2.08. The summed E-state index contributed by atoms with van der Waals surface area (Å²) in [6.45, 7) is 2.80. The Bertz CT molecular complexity index is 181. The fraction of sp³-hybridized carbons (Fsp3) is 0.909. The predicted octanol–water partition coefficient (Wildman–Crippen LogP) is 3.20. The third kappa shape index (κ3) is 12.0. The maximum Gasteiger partial charge on any atom is 0.105 e. The first-order chi connectivity index (χ1) is 7.31. The molecule has 0 aliphatic rings. The summed E-state index contributed by atoms with van der Waals surface area (Å²) in [7, 11) is 0. The van der Waals surface area contributed by atoms with Crippen LogP contribution in [-0.4, -0.2) is 27.8 Å². The van der Waals surface area contributed by atoms with Gasteiger partial charge in [0, 0.05) is 6.54 Å². The Kier molecular flexibility index (Phi) is 12.3. The summed E-state index contributed by atoms with van der Waals surface area (Å²) < 4.78 is 11.1. The number of isothiocyanates is 1. The van der Waals surface area contributed by atoms with Crippen LogP contribution in [0.5, 0.6) is 0 Å². The van der Waals surface area contributed by atoms with Crippen LogP contribution >= 0.6 is 12.2 Å². The van der Waals surface area contributed by atoms with Gasteiger partial charge >= 0.3 is 0 Å². The smallest absolute Gasteiger partial charge is 0.105 e. The van der Waals surface area contributed by atoms with E-state index < -0.39 is 11.2 Å². The quantitative estimate of drug-likeness (QED) is 0.257. The Morgan fingerprint density at radius 3 is 2.33 bits per heavy atom. The predicted molar refractivity (Wildman–Crippen MR) is 71.1 cm³/mol. The Labute approximate surface area is 102 Å². The highest BCUT2D eigenvalue weighted by Gasteiger charge is 2.00. The summed E-state index contributed by atoms with van der Waals surface area (Å²) in [5.41, 5.74) is 0. The zero-order chi connectivity index (χ0) is 11.4. The van der Waals surface area contributed by atoms with Crippen molar-refractivity contribution in [2.75, 3.05) is 18.1 Å². The molecule has 1 unspecified atom stereocenters. The van der Waals surface area contributed by atoms with Crippen molar-refractivity contribution in [3.63, 3.8) is 0 Å². The van der Waals surface area contributed by atoms with Crippen molar-refractivity contribution >= 4 is 28.6 Å². The molecule has 0 heterocycles. The van der Waals surface area contributed by atoms with Crippen LogP contribution in [0.25, 0.3) is 0 Å². The third-order valence-electron chi connectivity index (χ3n) is 2.28.